The monoisotopic (exact) mass is 832 g/mol. The number of ether oxygens (including phenoxy) is 4. The van der Waals surface area contributed by atoms with Crippen molar-refractivity contribution in [2.75, 3.05) is 13.2 Å². The Labute approximate surface area is 341 Å². The molecule has 6 aliphatic rings. The predicted octanol–water partition coefficient (Wildman–Crippen LogP) is 0.588. The molecule has 0 unspecified atom stereocenters. The van der Waals surface area contributed by atoms with E-state index >= 15 is 0 Å². The zero-order valence-electron chi connectivity index (χ0n) is 35.3. The zero-order valence-corrected chi connectivity index (χ0v) is 35.3. The molecule has 58 heavy (non-hydrogen) atoms. The van der Waals surface area contributed by atoms with Crippen LogP contribution in [0.25, 0.3) is 0 Å². The van der Waals surface area contributed by atoms with Crippen molar-refractivity contribution in [3.63, 3.8) is 0 Å². The van der Waals surface area contributed by atoms with Gasteiger partial charge in [-0.05, 0) is 111 Å². The number of hydrogen-bond acceptors (Lipinski definition) is 16. The molecule has 21 atom stereocenters. The second-order valence-corrected chi connectivity index (χ2v) is 20.8. The summed E-state index contributed by atoms with van der Waals surface area (Å²) in [4.78, 5) is 4.66. The van der Waals surface area contributed by atoms with Crippen molar-refractivity contribution in [1.29, 1.82) is 0 Å². The molecule has 0 bridgehead atoms. The third-order valence-corrected chi connectivity index (χ3v) is 16.7. The minimum absolute atomic E-state index is 0.0503. The number of aliphatic hydroxyl groups excluding tert-OH is 10. The summed E-state index contributed by atoms with van der Waals surface area (Å²) in [5.74, 6) is -0.420. The summed E-state index contributed by atoms with van der Waals surface area (Å²) in [5.41, 5.74) is -3.75. The molecule has 2 aliphatic heterocycles. The highest BCUT2D eigenvalue weighted by Gasteiger charge is 2.72. The maximum atomic E-state index is 12.5. The van der Waals surface area contributed by atoms with Crippen LogP contribution in [-0.2, 0) is 23.8 Å². The number of aliphatic hydroxyl groups is 10. The first-order valence-electron chi connectivity index (χ1n) is 21.2. The van der Waals surface area contributed by atoms with Crippen molar-refractivity contribution in [3.8, 4) is 0 Å². The largest absolute Gasteiger partial charge is 0.394 e. The summed E-state index contributed by atoms with van der Waals surface area (Å²) in [5, 5.41) is 118. The lowest BCUT2D eigenvalue weighted by Crippen LogP contribution is -2.68. The minimum atomic E-state index is -1.76. The normalized spacial score (nSPS) is 51.8. The van der Waals surface area contributed by atoms with E-state index < -0.39 is 115 Å². The Morgan fingerprint density at radius 1 is 0.707 bits per heavy atom. The Kier molecular flexibility index (Phi) is 13.1. The Hall–Kier alpha value is -0.900. The second kappa shape index (κ2) is 16.3. The highest BCUT2D eigenvalue weighted by Crippen LogP contribution is 2.76. The molecule has 4 saturated carbocycles. The summed E-state index contributed by atoms with van der Waals surface area (Å²) in [7, 11) is 0. The molecule has 16 nitrogen and oxygen atoms in total. The van der Waals surface area contributed by atoms with Crippen LogP contribution in [0.5, 0.6) is 0 Å². The SMILES string of the molecule is CC(C)(/C=C/C[C@](C)(O[C@@H]1O[C@H](CO[C@@H]2O[C@H](CO)[C@@H](O)[C@H](O)[C@H]2O)[C@@H](O)[C@H](O)[C@H]1O)[C@H]1CC[C@]2(C)[C@@H]1[C@H](O)C[C@@H]1[C@@]3(C)C[C@@H](O)[C@H](O)C(C)(C)[C@@H]3CC[C@]12C)OO. The first-order valence-corrected chi connectivity index (χ1v) is 21.2. The van der Waals surface area contributed by atoms with Crippen molar-refractivity contribution in [3.05, 3.63) is 12.2 Å². The van der Waals surface area contributed by atoms with Crippen molar-refractivity contribution in [2.24, 2.45) is 45.3 Å². The molecule has 11 N–H and O–H groups in total. The lowest BCUT2D eigenvalue weighted by atomic mass is 9.35. The van der Waals surface area contributed by atoms with Gasteiger partial charge in [0.25, 0.3) is 0 Å². The van der Waals surface area contributed by atoms with Crippen LogP contribution in [0, 0.1) is 45.3 Å². The molecule has 2 heterocycles. The van der Waals surface area contributed by atoms with Crippen LogP contribution in [0.4, 0.5) is 0 Å². The summed E-state index contributed by atoms with van der Waals surface area (Å²) >= 11 is 0. The molecule has 0 spiro atoms. The smallest absolute Gasteiger partial charge is 0.187 e. The average Bonchev–Trinajstić information content (AvgIpc) is 3.55. The van der Waals surface area contributed by atoms with E-state index in [1.165, 1.54) is 0 Å². The third-order valence-electron chi connectivity index (χ3n) is 16.7. The second-order valence-electron chi connectivity index (χ2n) is 20.8. The fourth-order valence-electron chi connectivity index (χ4n) is 13.3. The van der Waals surface area contributed by atoms with Crippen LogP contribution in [0.3, 0.4) is 0 Å². The first-order chi connectivity index (χ1) is 26.8. The van der Waals surface area contributed by atoms with Gasteiger partial charge in [-0.15, -0.1) is 0 Å². The maximum Gasteiger partial charge on any atom is 0.187 e. The van der Waals surface area contributed by atoms with Gasteiger partial charge in [0.05, 0.1) is 37.1 Å². The van der Waals surface area contributed by atoms with Crippen molar-refractivity contribution in [2.45, 2.75) is 191 Å². The van der Waals surface area contributed by atoms with Gasteiger partial charge in [-0.3, -0.25) is 5.26 Å². The van der Waals surface area contributed by atoms with Gasteiger partial charge in [-0.25, -0.2) is 4.89 Å². The van der Waals surface area contributed by atoms with Gasteiger partial charge in [-0.1, -0.05) is 46.8 Å². The molecule has 0 amide bonds. The van der Waals surface area contributed by atoms with E-state index in [2.05, 4.69) is 25.7 Å². The molecule has 16 heteroatoms. The zero-order chi connectivity index (χ0) is 43.1. The van der Waals surface area contributed by atoms with Gasteiger partial charge < -0.3 is 70.0 Å². The molecule has 4 aliphatic carbocycles. The number of hydrogen-bond donors (Lipinski definition) is 11. The standard InChI is InChI=1S/C42H72O16/c1-37(2,58-53)12-9-13-42(8,57-36-33(51)31(49)29(47)24(56-36)19-54-35-32(50)30(48)28(46)23(18-43)55-35)20-10-14-41(7)27(20)21(44)16-26-39(5)17-22(45)34(52)38(3,4)25(39)11-15-40(26,41)6/h9,12,20-36,43-53H,10-11,13-19H2,1-8H3/b12-9+/t20-,21+,22+,23+,24+,25-,26+,27-,28+,29+,30-,31-,32+,33+,34-,35+,36-,39-,40+,41+,42-/m0/s1. The summed E-state index contributed by atoms with van der Waals surface area (Å²) in [6.45, 7) is 14.9. The average molecular weight is 833 g/mol. The molecule has 0 radical (unpaired) electrons. The van der Waals surface area contributed by atoms with Crippen molar-refractivity contribution in [1.82, 2.24) is 0 Å². The fourth-order valence-corrected chi connectivity index (χ4v) is 13.3. The Bertz CT molecular complexity index is 1460. The highest BCUT2D eigenvalue weighted by molar-refractivity contribution is 5.21. The highest BCUT2D eigenvalue weighted by atomic mass is 17.1. The minimum Gasteiger partial charge on any atom is -0.394 e. The van der Waals surface area contributed by atoms with Crippen molar-refractivity contribution < 1.29 is 80.2 Å². The van der Waals surface area contributed by atoms with Crippen molar-refractivity contribution >= 4 is 0 Å². The summed E-state index contributed by atoms with van der Waals surface area (Å²) < 4.78 is 24.0. The molecule has 2 saturated heterocycles. The van der Waals surface area contributed by atoms with Crippen LogP contribution in [-0.4, -0.2) is 160 Å². The number of fused-ring (bicyclic) bond motifs is 5. The van der Waals surface area contributed by atoms with E-state index in [0.29, 0.717) is 19.3 Å². The maximum absolute atomic E-state index is 12.5. The van der Waals surface area contributed by atoms with Crippen LogP contribution >= 0.6 is 0 Å². The van der Waals surface area contributed by atoms with Gasteiger partial charge in [0.1, 0.15) is 54.4 Å². The summed E-state index contributed by atoms with van der Waals surface area (Å²) in [6, 6.07) is 0. The van der Waals surface area contributed by atoms with E-state index in [4.69, 9.17) is 18.9 Å². The Morgan fingerprint density at radius 2 is 1.29 bits per heavy atom. The van der Waals surface area contributed by atoms with Gasteiger partial charge >= 0.3 is 0 Å². The molecule has 6 rings (SSSR count). The van der Waals surface area contributed by atoms with Gasteiger partial charge in [-0.2, -0.15) is 0 Å². The first kappa shape index (κ1) is 46.6. The van der Waals surface area contributed by atoms with Crippen LogP contribution < -0.4 is 0 Å². The van der Waals surface area contributed by atoms with E-state index in [0.717, 1.165) is 19.3 Å². The predicted molar refractivity (Wildman–Crippen MR) is 205 cm³/mol. The van der Waals surface area contributed by atoms with E-state index in [9.17, 15) is 56.3 Å². The van der Waals surface area contributed by atoms with Gasteiger partial charge in [0, 0.05) is 0 Å². The Balaban J connectivity index is 1.29. The lowest BCUT2D eigenvalue weighted by molar-refractivity contribution is -0.349. The third kappa shape index (κ3) is 7.56. The topological polar surface area (TPSA) is 269 Å². The van der Waals surface area contributed by atoms with Crippen LogP contribution in [0.1, 0.15) is 100 Å². The Morgan fingerprint density at radius 3 is 1.91 bits per heavy atom. The molecule has 0 aromatic rings. The van der Waals surface area contributed by atoms with E-state index in [-0.39, 0.29) is 40.9 Å². The van der Waals surface area contributed by atoms with Crippen LogP contribution in [0.2, 0.25) is 0 Å². The van der Waals surface area contributed by atoms with Gasteiger partial charge in [0.15, 0.2) is 12.6 Å². The summed E-state index contributed by atoms with van der Waals surface area (Å²) in [6.07, 6.45) is -10.6. The quantitative estimate of drug-likeness (QED) is 0.0773. The van der Waals surface area contributed by atoms with E-state index in [1.807, 2.05) is 20.8 Å². The molecule has 6 fully saturated rings. The molecule has 336 valence electrons. The molecular weight excluding hydrogens is 760 g/mol. The molecule has 0 aromatic heterocycles. The fraction of sp³-hybridized carbons (Fsp3) is 0.952. The lowest BCUT2D eigenvalue weighted by Gasteiger charge is -2.71. The van der Waals surface area contributed by atoms with Crippen LogP contribution in [0.15, 0.2) is 12.2 Å². The number of rotatable bonds is 11. The van der Waals surface area contributed by atoms with Gasteiger partial charge in [0.2, 0.25) is 0 Å². The molecular formula is C42H72O16. The van der Waals surface area contributed by atoms with E-state index in [1.54, 1.807) is 26.0 Å². The molecule has 0 aromatic carbocycles.